The number of benzene rings is 1. The number of anilines is 1. The van der Waals surface area contributed by atoms with E-state index in [1.807, 2.05) is 0 Å². The summed E-state index contributed by atoms with van der Waals surface area (Å²) in [5.41, 5.74) is -1.37. The highest BCUT2D eigenvalue weighted by atomic mass is 19.2. The Hall–Kier alpha value is -2.63. The highest BCUT2D eigenvalue weighted by Crippen LogP contribution is 2.28. The topological polar surface area (TPSA) is 53.6 Å². The first-order chi connectivity index (χ1) is 9.43. The molecular formula is C11H5F5N4. The van der Waals surface area contributed by atoms with Crippen LogP contribution in [0, 0.1) is 40.4 Å². The maximum Gasteiger partial charge on any atom is 0.200 e. The fraction of sp³-hybridized carbons (Fsp3) is 0.0909. The molecule has 0 fully saturated rings. The molecule has 1 N–H and O–H groups in total. The van der Waals surface area contributed by atoms with Crippen LogP contribution >= 0.6 is 0 Å². The molecule has 9 heteroatoms. The first-order valence-corrected chi connectivity index (χ1v) is 5.11. The van der Waals surface area contributed by atoms with Crippen molar-refractivity contribution in [3.63, 3.8) is 0 Å². The van der Waals surface area contributed by atoms with Crippen molar-refractivity contribution in [3.8, 4) is 11.8 Å². The molecule has 2 aromatic rings. The summed E-state index contributed by atoms with van der Waals surface area (Å²) in [4.78, 5) is 0. The predicted octanol–water partition coefficient (Wildman–Crippen LogP) is 2.48. The minimum Gasteiger partial charge on any atom is -0.372 e. The Bertz CT molecular complexity index is 702. The van der Waals surface area contributed by atoms with Crippen LogP contribution in [0.2, 0.25) is 0 Å². The summed E-state index contributed by atoms with van der Waals surface area (Å²) in [6.07, 6.45) is 0.934. The van der Waals surface area contributed by atoms with Gasteiger partial charge in [-0.1, -0.05) is 0 Å². The van der Waals surface area contributed by atoms with E-state index >= 15 is 0 Å². The first kappa shape index (κ1) is 13.8. The standard InChI is InChI=1S/C11H5F5N4/c1-18-11-4(2-17)3-19-20(11)10-8(15)6(13)5(12)7(14)9(10)16/h3,18H,1H3. The van der Waals surface area contributed by atoms with Gasteiger partial charge in [0.05, 0.1) is 6.20 Å². The minimum atomic E-state index is -2.26. The van der Waals surface area contributed by atoms with Gasteiger partial charge in [0.1, 0.15) is 23.1 Å². The van der Waals surface area contributed by atoms with Gasteiger partial charge in [0.2, 0.25) is 5.82 Å². The highest BCUT2D eigenvalue weighted by Gasteiger charge is 2.29. The van der Waals surface area contributed by atoms with Gasteiger partial charge in [-0.3, -0.25) is 0 Å². The molecule has 0 saturated heterocycles. The molecule has 1 aromatic carbocycles. The molecule has 0 aliphatic carbocycles. The molecule has 0 aliphatic heterocycles. The third-order valence-electron chi connectivity index (χ3n) is 2.52. The van der Waals surface area contributed by atoms with Crippen molar-refractivity contribution in [2.45, 2.75) is 0 Å². The highest BCUT2D eigenvalue weighted by molar-refractivity contribution is 5.56. The van der Waals surface area contributed by atoms with Gasteiger partial charge < -0.3 is 5.32 Å². The van der Waals surface area contributed by atoms with Gasteiger partial charge in [-0.2, -0.15) is 10.4 Å². The van der Waals surface area contributed by atoms with Crippen LogP contribution in [-0.4, -0.2) is 16.8 Å². The van der Waals surface area contributed by atoms with Gasteiger partial charge >= 0.3 is 0 Å². The molecule has 2 rings (SSSR count). The van der Waals surface area contributed by atoms with Gasteiger partial charge in [-0.25, -0.2) is 26.6 Å². The Labute approximate surface area is 109 Å². The average molecular weight is 288 g/mol. The Morgan fingerprint density at radius 2 is 1.55 bits per heavy atom. The first-order valence-electron chi connectivity index (χ1n) is 5.11. The fourth-order valence-corrected chi connectivity index (χ4v) is 1.62. The van der Waals surface area contributed by atoms with Crippen molar-refractivity contribution in [3.05, 3.63) is 40.8 Å². The molecular weight excluding hydrogens is 283 g/mol. The lowest BCUT2D eigenvalue weighted by atomic mass is 10.2. The van der Waals surface area contributed by atoms with Gasteiger partial charge in [0, 0.05) is 7.05 Å². The van der Waals surface area contributed by atoms with Gasteiger partial charge in [-0.05, 0) is 0 Å². The van der Waals surface area contributed by atoms with Crippen molar-refractivity contribution >= 4 is 5.82 Å². The van der Waals surface area contributed by atoms with Crippen LogP contribution in [0.25, 0.3) is 5.69 Å². The second kappa shape index (κ2) is 4.80. The molecule has 0 radical (unpaired) electrons. The van der Waals surface area contributed by atoms with E-state index in [1.165, 1.54) is 7.05 Å². The molecule has 0 bridgehead atoms. The van der Waals surface area contributed by atoms with E-state index < -0.39 is 34.8 Å². The van der Waals surface area contributed by atoms with Crippen molar-refractivity contribution in [2.75, 3.05) is 12.4 Å². The van der Waals surface area contributed by atoms with Crippen LogP contribution in [0.4, 0.5) is 27.8 Å². The normalized spacial score (nSPS) is 10.4. The summed E-state index contributed by atoms with van der Waals surface area (Å²) < 4.78 is 66.9. The molecule has 0 spiro atoms. The fourth-order valence-electron chi connectivity index (χ4n) is 1.62. The van der Waals surface area contributed by atoms with E-state index in [0.717, 1.165) is 6.20 Å². The number of nitrogens with one attached hydrogen (secondary N) is 1. The van der Waals surface area contributed by atoms with E-state index in [9.17, 15) is 22.0 Å². The second-order valence-electron chi connectivity index (χ2n) is 3.60. The number of nitrogens with zero attached hydrogens (tertiary/aromatic N) is 3. The van der Waals surface area contributed by atoms with E-state index in [2.05, 4.69) is 10.4 Å². The SMILES string of the molecule is CNc1c(C#N)cnn1-c1c(F)c(F)c(F)c(F)c1F. The number of hydrogen-bond donors (Lipinski definition) is 1. The lowest BCUT2D eigenvalue weighted by Crippen LogP contribution is -2.12. The van der Waals surface area contributed by atoms with Crippen LogP contribution in [0.3, 0.4) is 0 Å². The van der Waals surface area contributed by atoms with Gasteiger partial charge in [-0.15, -0.1) is 0 Å². The van der Waals surface area contributed by atoms with Gasteiger partial charge in [0.15, 0.2) is 23.3 Å². The van der Waals surface area contributed by atoms with Crippen LogP contribution in [0.15, 0.2) is 6.20 Å². The molecule has 0 saturated carbocycles. The van der Waals surface area contributed by atoms with Crippen molar-refractivity contribution < 1.29 is 22.0 Å². The molecule has 0 atom stereocenters. The molecule has 1 aromatic heterocycles. The largest absolute Gasteiger partial charge is 0.372 e. The zero-order valence-corrected chi connectivity index (χ0v) is 9.81. The molecule has 0 unspecified atom stereocenters. The number of hydrogen-bond acceptors (Lipinski definition) is 3. The summed E-state index contributed by atoms with van der Waals surface area (Å²) in [5.74, 6) is -10.7. The number of rotatable bonds is 2. The Morgan fingerprint density at radius 3 is 2.00 bits per heavy atom. The zero-order valence-electron chi connectivity index (χ0n) is 9.81. The second-order valence-corrected chi connectivity index (χ2v) is 3.60. The monoisotopic (exact) mass is 288 g/mol. The average Bonchev–Trinajstić information content (AvgIpc) is 2.86. The maximum atomic E-state index is 13.6. The molecule has 20 heavy (non-hydrogen) atoms. The van der Waals surface area contributed by atoms with E-state index in [0.29, 0.717) is 4.68 Å². The number of nitriles is 1. The number of aromatic nitrogens is 2. The van der Waals surface area contributed by atoms with Crippen molar-refractivity contribution in [1.82, 2.24) is 9.78 Å². The Balaban J connectivity index is 2.84. The van der Waals surface area contributed by atoms with Crippen LogP contribution in [-0.2, 0) is 0 Å². The third kappa shape index (κ3) is 1.77. The van der Waals surface area contributed by atoms with E-state index in [-0.39, 0.29) is 11.4 Å². The summed E-state index contributed by atoms with van der Waals surface area (Å²) >= 11 is 0. The van der Waals surface area contributed by atoms with Crippen molar-refractivity contribution in [2.24, 2.45) is 0 Å². The van der Waals surface area contributed by atoms with E-state index in [4.69, 9.17) is 5.26 Å². The zero-order chi connectivity index (χ0) is 15.0. The molecule has 104 valence electrons. The third-order valence-corrected chi connectivity index (χ3v) is 2.52. The summed E-state index contributed by atoms with van der Waals surface area (Å²) in [6, 6.07) is 1.66. The van der Waals surface area contributed by atoms with Gasteiger partial charge in [0.25, 0.3) is 0 Å². The Morgan fingerprint density at radius 1 is 1.05 bits per heavy atom. The maximum absolute atomic E-state index is 13.6. The van der Waals surface area contributed by atoms with Crippen LogP contribution < -0.4 is 5.32 Å². The van der Waals surface area contributed by atoms with Crippen molar-refractivity contribution in [1.29, 1.82) is 5.26 Å². The minimum absolute atomic E-state index is 0.114. The lowest BCUT2D eigenvalue weighted by molar-refractivity contribution is 0.374. The molecule has 0 amide bonds. The lowest BCUT2D eigenvalue weighted by Gasteiger charge is -2.11. The number of halogens is 5. The summed E-state index contributed by atoms with van der Waals surface area (Å²) in [6.45, 7) is 0. The molecule has 4 nitrogen and oxygen atoms in total. The predicted molar refractivity (Wildman–Crippen MR) is 57.6 cm³/mol. The smallest absolute Gasteiger partial charge is 0.200 e. The quantitative estimate of drug-likeness (QED) is 0.525. The van der Waals surface area contributed by atoms with Crippen LogP contribution in [0.5, 0.6) is 0 Å². The Kier molecular flexibility index (Phi) is 3.31. The van der Waals surface area contributed by atoms with Crippen LogP contribution in [0.1, 0.15) is 5.56 Å². The van der Waals surface area contributed by atoms with E-state index in [1.54, 1.807) is 6.07 Å². The molecule has 1 heterocycles. The summed E-state index contributed by atoms with van der Waals surface area (Å²) in [5, 5.41) is 14.6. The molecule has 0 aliphatic rings. The summed E-state index contributed by atoms with van der Waals surface area (Å²) in [7, 11) is 1.31.